The van der Waals surface area contributed by atoms with Crippen molar-refractivity contribution in [3.05, 3.63) is 111 Å². The van der Waals surface area contributed by atoms with Crippen LogP contribution in [0.15, 0.2) is 83.8 Å². The van der Waals surface area contributed by atoms with Gasteiger partial charge in [-0.15, -0.1) is 0 Å². The molecule has 2 saturated heterocycles. The highest BCUT2D eigenvalue weighted by Crippen LogP contribution is 2.33. The van der Waals surface area contributed by atoms with Gasteiger partial charge in [-0.1, -0.05) is 66.2 Å². The van der Waals surface area contributed by atoms with E-state index in [1.165, 1.54) is 10.5 Å². The molecule has 0 N–H and O–H groups in total. The SMILES string of the molecule is C[C@@H](c1ccccc1)N1CCN(C(=O)c2ccc(/C=C3\SC(=O)N(Cc4cccc(Cl)c4)C3=O)cc2)CC1. The average Bonchev–Trinajstić information content (AvgIpc) is 3.20. The molecular weight excluding hydrogens is 518 g/mol. The Morgan fingerprint density at radius 3 is 2.34 bits per heavy atom. The van der Waals surface area contributed by atoms with Crippen molar-refractivity contribution in [1.82, 2.24) is 14.7 Å². The minimum Gasteiger partial charge on any atom is -0.336 e. The van der Waals surface area contributed by atoms with Crippen molar-refractivity contribution in [3.63, 3.8) is 0 Å². The summed E-state index contributed by atoms with van der Waals surface area (Å²) in [5.41, 5.74) is 3.45. The van der Waals surface area contributed by atoms with Crippen LogP contribution in [0.4, 0.5) is 4.79 Å². The van der Waals surface area contributed by atoms with Gasteiger partial charge in [-0.3, -0.25) is 24.2 Å². The van der Waals surface area contributed by atoms with Gasteiger partial charge in [0.15, 0.2) is 0 Å². The Morgan fingerprint density at radius 1 is 0.947 bits per heavy atom. The number of hydrogen-bond acceptors (Lipinski definition) is 5. The predicted octanol–water partition coefficient (Wildman–Crippen LogP) is 6.10. The monoisotopic (exact) mass is 545 g/mol. The van der Waals surface area contributed by atoms with E-state index >= 15 is 0 Å². The van der Waals surface area contributed by atoms with E-state index in [0.29, 0.717) is 34.6 Å². The zero-order valence-corrected chi connectivity index (χ0v) is 22.6. The Morgan fingerprint density at radius 2 is 1.66 bits per heavy atom. The van der Waals surface area contributed by atoms with Gasteiger partial charge in [0.1, 0.15) is 0 Å². The van der Waals surface area contributed by atoms with Crippen molar-refractivity contribution >= 4 is 46.5 Å². The molecule has 0 aliphatic carbocycles. The van der Waals surface area contributed by atoms with Gasteiger partial charge < -0.3 is 4.90 Å². The molecule has 8 heteroatoms. The van der Waals surface area contributed by atoms with E-state index < -0.39 is 0 Å². The van der Waals surface area contributed by atoms with Crippen molar-refractivity contribution in [1.29, 1.82) is 0 Å². The Labute approximate surface area is 231 Å². The second kappa shape index (κ2) is 11.6. The summed E-state index contributed by atoms with van der Waals surface area (Å²) < 4.78 is 0. The third-order valence-corrected chi connectivity index (χ3v) is 8.13. The summed E-state index contributed by atoms with van der Waals surface area (Å²) in [6, 6.07) is 25.0. The molecule has 0 radical (unpaired) electrons. The van der Waals surface area contributed by atoms with Crippen molar-refractivity contribution in [2.45, 2.75) is 19.5 Å². The molecule has 0 spiro atoms. The minimum absolute atomic E-state index is 0.00501. The highest BCUT2D eigenvalue weighted by atomic mass is 35.5. The first-order valence-electron chi connectivity index (χ1n) is 12.6. The van der Waals surface area contributed by atoms with Crippen molar-refractivity contribution in [3.8, 4) is 0 Å². The summed E-state index contributed by atoms with van der Waals surface area (Å²) >= 11 is 6.95. The Bertz CT molecular complexity index is 1370. The van der Waals surface area contributed by atoms with Crippen molar-refractivity contribution in [2.24, 2.45) is 0 Å². The topological polar surface area (TPSA) is 60.9 Å². The quantitative estimate of drug-likeness (QED) is 0.350. The standard InChI is InChI=1S/C30H28ClN3O3S/c1-21(24-7-3-2-4-8-24)32-14-16-33(17-15-32)28(35)25-12-10-22(11-13-25)19-27-29(36)34(30(37)38-27)20-23-6-5-9-26(31)18-23/h2-13,18-19,21H,14-17,20H2,1H3/b27-19-/t21-/m0/s1. The van der Waals surface area contributed by atoms with Gasteiger partial charge in [0.2, 0.25) is 0 Å². The number of rotatable bonds is 6. The molecule has 3 aromatic rings. The van der Waals surface area contributed by atoms with Crippen LogP contribution < -0.4 is 0 Å². The highest BCUT2D eigenvalue weighted by Gasteiger charge is 2.35. The fourth-order valence-corrected chi connectivity index (χ4v) is 5.82. The zero-order chi connectivity index (χ0) is 26.6. The van der Waals surface area contributed by atoms with Crippen LogP contribution in [0, 0.1) is 0 Å². The fraction of sp³-hybridized carbons (Fsp3) is 0.233. The van der Waals surface area contributed by atoms with Gasteiger partial charge in [-0.25, -0.2) is 0 Å². The van der Waals surface area contributed by atoms with Crippen molar-refractivity contribution in [2.75, 3.05) is 26.2 Å². The zero-order valence-electron chi connectivity index (χ0n) is 21.0. The van der Waals surface area contributed by atoms with Crippen molar-refractivity contribution < 1.29 is 14.4 Å². The maximum atomic E-state index is 13.1. The summed E-state index contributed by atoms with van der Waals surface area (Å²) in [6.07, 6.45) is 1.70. The molecule has 5 rings (SSSR count). The van der Waals surface area contributed by atoms with Gasteiger partial charge in [-0.2, -0.15) is 0 Å². The van der Waals surface area contributed by atoms with E-state index in [0.717, 1.165) is 36.0 Å². The van der Waals surface area contributed by atoms with Crippen LogP contribution in [0.5, 0.6) is 0 Å². The van der Waals surface area contributed by atoms with E-state index in [-0.39, 0.29) is 23.6 Å². The highest BCUT2D eigenvalue weighted by molar-refractivity contribution is 8.18. The minimum atomic E-state index is -0.331. The Hall–Kier alpha value is -3.39. The molecule has 2 aliphatic rings. The number of benzene rings is 3. The second-order valence-electron chi connectivity index (χ2n) is 9.43. The normalized spacial score (nSPS) is 18.3. The summed E-state index contributed by atoms with van der Waals surface area (Å²) in [6.45, 7) is 5.38. The molecule has 0 unspecified atom stereocenters. The lowest BCUT2D eigenvalue weighted by Crippen LogP contribution is -2.49. The molecule has 0 aromatic heterocycles. The number of carbonyl (C=O) groups excluding carboxylic acids is 3. The molecule has 2 fully saturated rings. The summed E-state index contributed by atoms with van der Waals surface area (Å²) in [7, 11) is 0. The fourth-order valence-electron chi connectivity index (χ4n) is 4.76. The molecule has 0 bridgehead atoms. The maximum absolute atomic E-state index is 13.1. The van der Waals surface area contributed by atoms with Gasteiger partial charge in [0, 0.05) is 42.8 Å². The molecule has 2 aliphatic heterocycles. The first-order valence-corrected chi connectivity index (χ1v) is 13.8. The Balaban J connectivity index is 1.19. The van der Waals surface area contributed by atoms with E-state index in [2.05, 4.69) is 36.1 Å². The van der Waals surface area contributed by atoms with Gasteiger partial charge in [0.25, 0.3) is 17.1 Å². The smallest absolute Gasteiger partial charge is 0.293 e. The molecule has 0 saturated carbocycles. The van der Waals surface area contributed by atoms with E-state index in [9.17, 15) is 14.4 Å². The third kappa shape index (κ3) is 5.85. The lowest BCUT2D eigenvalue weighted by molar-refractivity contribution is -0.123. The Kier molecular flexibility index (Phi) is 7.98. The number of piperazine rings is 1. The lowest BCUT2D eigenvalue weighted by Gasteiger charge is -2.38. The first-order chi connectivity index (χ1) is 18.4. The lowest BCUT2D eigenvalue weighted by atomic mass is 10.1. The molecular formula is C30H28ClN3O3S. The average molecular weight is 546 g/mol. The predicted molar refractivity (Wildman–Crippen MR) is 152 cm³/mol. The van der Waals surface area contributed by atoms with Crippen LogP contribution in [0.25, 0.3) is 6.08 Å². The third-order valence-electron chi connectivity index (χ3n) is 6.99. The number of amides is 3. The number of hydrogen-bond donors (Lipinski definition) is 0. The number of imide groups is 1. The van der Waals surface area contributed by atoms with Crippen LogP contribution in [0.2, 0.25) is 5.02 Å². The van der Waals surface area contributed by atoms with E-state index in [1.807, 2.05) is 29.2 Å². The molecule has 3 amide bonds. The van der Waals surface area contributed by atoms with Gasteiger partial charge in [0.05, 0.1) is 11.4 Å². The molecule has 2 heterocycles. The van der Waals surface area contributed by atoms with Crippen LogP contribution in [-0.2, 0) is 11.3 Å². The van der Waals surface area contributed by atoms with Crippen LogP contribution >= 0.6 is 23.4 Å². The molecule has 38 heavy (non-hydrogen) atoms. The number of carbonyl (C=O) groups is 3. The number of nitrogens with zero attached hydrogens (tertiary/aromatic N) is 3. The number of halogens is 1. The van der Waals surface area contributed by atoms with Gasteiger partial charge in [-0.05, 0) is 65.7 Å². The van der Waals surface area contributed by atoms with Crippen LogP contribution in [0.3, 0.4) is 0 Å². The second-order valence-corrected chi connectivity index (χ2v) is 10.9. The summed E-state index contributed by atoms with van der Waals surface area (Å²) in [4.78, 5) is 44.3. The van der Waals surface area contributed by atoms with Gasteiger partial charge >= 0.3 is 0 Å². The largest absolute Gasteiger partial charge is 0.336 e. The maximum Gasteiger partial charge on any atom is 0.293 e. The number of thioether (sulfide) groups is 1. The molecule has 1 atom stereocenters. The molecule has 6 nitrogen and oxygen atoms in total. The van der Waals surface area contributed by atoms with Crippen LogP contribution in [0.1, 0.15) is 40.0 Å². The molecule has 3 aromatic carbocycles. The van der Waals surface area contributed by atoms with E-state index in [4.69, 9.17) is 11.6 Å². The summed E-state index contributed by atoms with van der Waals surface area (Å²) in [5, 5.41) is 0.247. The summed E-state index contributed by atoms with van der Waals surface area (Å²) in [5.74, 6) is -0.326. The first kappa shape index (κ1) is 26.2. The van der Waals surface area contributed by atoms with E-state index in [1.54, 1.807) is 36.4 Å². The van der Waals surface area contributed by atoms with Crippen LogP contribution in [-0.4, -0.2) is 57.9 Å². The molecule has 194 valence electrons.